The molecule has 0 aliphatic carbocycles. The van der Waals surface area contributed by atoms with Gasteiger partial charge in [0.2, 0.25) is 0 Å². The Morgan fingerprint density at radius 1 is 0.500 bits per heavy atom. The van der Waals surface area contributed by atoms with Crippen LogP contribution in [-0.4, -0.2) is 0 Å². The number of rotatable bonds is 13. The molecule has 0 heterocycles. The molecule has 0 aliphatic heterocycles. The van der Waals surface area contributed by atoms with Crippen molar-refractivity contribution >= 4 is 0 Å². The zero-order chi connectivity index (χ0) is 14.7. The second-order valence-electron chi connectivity index (χ2n) is 5.19. The average Bonchev–Trinajstić information content (AvgIpc) is 2.47. The third-order valence-electron chi connectivity index (χ3n) is 3.16. The Labute approximate surface area is 127 Å². The van der Waals surface area contributed by atoms with Gasteiger partial charge < -0.3 is 0 Å². The summed E-state index contributed by atoms with van der Waals surface area (Å²) in [6.45, 7) is 4.42. The Balaban J connectivity index is 3.27. The van der Waals surface area contributed by atoms with Crippen molar-refractivity contribution in [3.63, 3.8) is 0 Å². The first-order chi connectivity index (χ1) is 9.91. The molecule has 20 heavy (non-hydrogen) atoms. The molecule has 0 N–H and O–H groups in total. The summed E-state index contributed by atoms with van der Waals surface area (Å²) >= 11 is 0. The molecular formula is C20H34. The molecule has 0 atom stereocenters. The van der Waals surface area contributed by atoms with Crippen molar-refractivity contribution < 1.29 is 0 Å². The van der Waals surface area contributed by atoms with E-state index in [-0.39, 0.29) is 0 Å². The topological polar surface area (TPSA) is 0 Å². The molecule has 0 spiro atoms. The summed E-state index contributed by atoms with van der Waals surface area (Å²) in [4.78, 5) is 0. The maximum atomic E-state index is 2.35. The number of unbranched alkanes of at least 4 members (excludes halogenated alkanes) is 5. The molecule has 0 saturated heterocycles. The first kappa shape index (κ1) is 19.0. The molecule has 0 bridgehead atoms. The predicted octanol–water partition coefficient (Wildman–Crippen LogP) is 7.15. The van der Waals surface area contributed by atoms with E-state index in [0.717, 1.165) is 19.3 Å². The van der Waals surface area contributed by atoms with E-state index in [2.05, 4.69) is 62.5 Å². The van der Waals surface area contributed by atoms with Gasteiger partial charge in [0, 0.05) is 0 Å². The van der Waals surface area contributed by atoms with Crippen LogP contribution in [0.2, 0.25) is 0 Å². The van der Waals surface area contributed by atoms with E-state index in [1.165, 1.54) is 44.9 Å². The predicted molar refractivity (Wildman–Crippen MR) is 94.1 cm³/mol. The average molecular weight is 274 g/mol. The van der Waals surface area contributed by atoms with Gasteiger partial charge in [-0.05, 0) is 51.4 Å². The molecule has 0 unspecified atom stereocenters. The van der Waals surface area contributed by atoms with E-state index in [4.69, 9.17) is 0 Å². The minimum absolute atomic E-state index is 1.08. The van der Waals surface area contributed by atoms with Crippen LogP contribution in [0.15, 0.2) is 48.6 Å². The van der Waals surface area contributed by atoms with Crippen molar-refractivity contribution in [1.29, 1.82) is 0 Å². The van der Waals surface area contributed by atoms with Crippen LogP contribution in [0, 0.1) is 0 Å². The molecule has 0 nitrogen and oxygen atoms in total. The van der Waals surface area contributed by atoms with Gasteiger partial charge in [0.25, 0.3) is 0 Å². The number of allylic oxidation sites excluding steroid dienone is 8. The van der Waals surface area contributed by atoms with Crippen LogP contribution < -0.4 is 0 Å². The Kier molecular flexibility index (Phi) is 17.0. The van der Waals surface area contributed by atoms with Gasteiger partial charge in [0.05, 0.1) is 0 Å². The molecule has 0 aliphatic rings. The highest BCUT2D eigenvalue weighted by atomic mass is 13.9. The van der Waals surface area contributed by atoms with Crippen LogP contribution in [0.25, 0.3) is 0 Å². The van der Waals surface area contributed by atoms with E-state index in [0.29, 0.717) is 0 Å². The zero-order valence-electron chi connectivity index (χ0n) is 13.7. The van der Waals surface area contributed by atoms with Crippen LogP contribution in [0.3, 0.4) is 0 Å². The van der Waals surface area contributed by atoms with Crippen LogP contribution in [0.5, 0.6) is 0 Å². The van der Waals surface area contributed by atoms with Crippen LogP contribution >= 0.6 is 0 Å². The highest BCUT2D eigenvalue weighted by molar-refractivity contribution is 4.97. The Hall–Kier alpha value is -1.04. The van der Waals surface area contributed by atoms with Gasteiger partial charge in [0.1, 0.15) is 0 Å². The lowest BCUT2D eigenvalue weighted by atomic mass is 10.1. The van der Waals surface area contributed by atoms with E-state index in [9.17, 15) is 0 Å². The summed E-state index contributed by atoms with van der Waals surface area (Å²) in [6.07, 6.45) is 30.6. The molecule has 0 aromatic heterocycles. The van der Waals surface area contributed by atoms with Crippen molar-refractivity contribution in [2.24, 2.45) is 0 Å². The van der Waals surface area contributed by atoms with E-state index in [1.807, 2.05) is 0 Å². The smallest absolute Gasteiger partial charge is 0.0169 e. The third-order valence-corrected chi connectivity index (χ3v) is 3.16. The number of hydrogen-bond donors (Lipinski definition) is 0. The standard InChI is InChI=1S/C20H34/c1-3-5-7-9-11-13-15-17-19-20-18-16-14-12-10-8-6-4-2/h5,7,10-13,17,19H,3-4,6,8-9,14-16,18,20H2,1-2H3. The maximum Gasteiger partial charge on any atom is -0.0169 e. The highest BCUT2D eigenvalue weighted by Gasteiger charge is 1.84. The lowest BCUT2D eigenvalue weighted by molar-refractivity contribution is 0.755. The molecule has 0 fully saturated rings. The van der Waals surface area contributed by atoms with Crippen molar-refractivity contribution in [3.05, 3.63) is 48.6 Å². The Bertz CT molecular complexity index is 278. The molecule has 0 heteroatoms. The normalized spacial score (nSPS) is 12.7. The summed E-state index contributed by atoms with van der Waals surface area (Å²) in [6, 6.07) is 0. The first-order valence-corrected chi connectivity index (χ1v) is 8.51. The molecular weight excluding hydrogens is 240 g/mol. The largest absolute Gasteiger partial charge is 0.0885 e. The molecule has 114 valence electrons. The van der Waals surface area contributed by atoms with Gasteiger partial charge in [-0.2, -0.15) is 0 Å². The van der Waals surface area contributed by atoms with Crippen molar-refractivity contribution in [3.8, 4) is 0 Å². The summed E-state index contributed by atoms with van der Waals surface area (Å²) in [5, 5.41) is 0. The second-order valence-corrected chi connectivity index (χ2v) is 5.19. The Morgan fingerprint density at radius 3 is 1.50 bits per heavy atom. The van der Waals surface area contributed by atoms with E-state index < -0.39 is 0 Å². The fraction of sp³-hybridized carbons (Fsp3) is 0.600. The molecule has 0 saturated carbocycles. The van der Waals surface area contributed by atoms with E-state index >= 15 is 0 Å². The third kappa shape index (κ3) is 17.0. The first-order valence-electron chi connectivity index (χ1n) is 8.51. The Morgan fingerprint density at radius 2 is 0.950 bits per heavy atom. The highest BCUT2D eigenvalue weighted by Crippen LogP contribution is 2.04. The molecule has 0 aromatic carbocycles. The summed E-state index contributed by atoms with van der Waals surface area (Å²) in [5.74, 6) is 0. The fourth-order valence-corrected chi connectivity index (χ4v) is 1.91. The lowest BCUT2D eigenvalue weighted by Gasteiger charge is -1.93. The lowest BCUT2D eigenvalue weighted by Crippen LogP contribution is -1.73. The minimum atomic E-state index is 1.08. The van der Waals surface area contributed by atoms with E-state index in [1.54, 1.807) is 0 Å². The summed E-state index contributed by atoms with van der Waals surface area (Å²) in [5.41, 5.74) is 0. The van der Waals surface area contributed by atoms with Crippen LogP contribution in [0.1, 0.15) is 78.1 Å². The fourth-order valence-electron chi connectivity index (χ4n) is 1.91. The summed E-state index contributed by atoms with van der Waals surface area (Å²) < 4.78 is 0. The SMILES string of the molecule is CCC=CCC=CCC=CCCCCC=CCCCC. The molecule has 0 radical (unpaired) electrons. The van der Waals surface area contributed by atoms with Gasteiger partial charge in [-0.3, -0.25) is 0 Å². The van der Waals surface area contributed by atoms with Gasteiger partial charge in [-0.25, -0.2) is 0 Å². The number of hydrogen-bond acceptors (Lipinski definition) is 0. The second kappa shape index (κ2) is 18.0. The van der Waals surface area contributed by atoms with Crippen molar-refractivity contribution in [1.82, 2.24) is 0 Å². The summed E-state index contributed by atoms with van der Waals surface area (Å²) in [7, 11) is 0. The monoisotopic (exact) mass is 274 g/mol. The van der Waals surface area contributed by atoms with Gasteiger partial charge in [-0.15, -0.1) is 0 Å². The van der Waals surface area contributed by atoms with Crippen LogP contribution in [-0.2, 0) is 0 Å². The van der Waals surface area contributed by atoms with Gasteiger partial charge in [-0.1, -0.05) is 75.3 Å². The van der Waals surface area contributed by atoms with Crippen molar-refractivity contribution in [2.75, 3.05) is 0 Å². The molecule has 0 rings (SSSR count). The van der Waals surface area contributed by atoms with Gasteiger partial charge >= 0.3 is 0 Å². The molecule has 0 amide bonds. The maximum absolute atomic E-state index is 2.35. The molecule has 0 aromatic rings. The quantitative estimate of drug-likeness (QED) is 0.247. The van der Waals surface area contributed by atoms with Gasteiger partial charge in [0.15, 0.2) is 0 Å². The minimum Gasteiger partial charge on any atom is -0.0885 e. The zero-order valence-corrected chi connectivity index (χ0v) is 13.7. The van der Waals surface area contributed by atoms with Crippen molar-refractivity contribution in [2.45, 2.75) is 78.1 Å². The van der Waals surface area contributed by atoms with Crippen LogP contribution in [0.4, 0.5) is 0 Å².